The maximum Gasteiger partial charge on any atom is 0.154 e. The number of hydrogen-bond acceptors (Lipinski definition) is 5. The van der Waals surface area contributed by atoms with Gasteiger partial charge in [0.1, 0.15) is 23.2 Å². The quantitative estimate of drug-likeness (QED) is 0.848. The van der Waals surface area contributed by atoms with Crippen LogP contribution in [0.3, 0.4) is 0 Å². The van der Waals surface area contributed by atoms with E-state index in [1.807, 2.05) is 6.07 Å². The number of nitrogens with zero attached hydrogens (tertiary/aromatic N) is 3. The van der Waals surface area contributed by atoms with Crippen molar-refractivity contribution in [3.63, 3.8) is 0 Å². The summed E-state index contributed by atoms with van der Waals surface area (Å²) in [7, 11) is 0. The fourth-order valence-electron chi connectivity index (χ4n) is 1.29. The summed E-state index contributed by atoms with van der Waals surface area (Å²) in [5.41, 5.74) is 6.68. The molecule has 0 bridgehead atoms. The van der Waals surface area contributed by atoms with Crippen LogP contribution in [0.25, 0.3) is 0 Å². The molecule has 2 aromatic rings. The maximum atomic E-state index is 8.94. The Kier molecular flexibility index (Phi) is 3.08. The van der Waals surface area contributed by atoms with Gasteiger partial charge in [0, 0.05) is 0 Å². The van der Waals surface area contributed by atoms with E-state index in [-0.39, 0.29) is 10.8 Å². The van der Waals surface area contributed by atoms with Gasteiger partial charge in [-0.25, -0.2) is 9.97 Å². The second-order valence-electron chi connectivity index (χ2n) is 3.20. The van der Waals surface area contributed by atoms with Crippen LogP contribution in [0.15, 0.2) is 30.6 Å². The van der Waals surface area contributed by atoms with E-state index in [1.165, 1.54) is 6.33 Å². The van der Waals surface area contributed by atoms with Gasteiger partial charge in [-0.3, -0.25) is 0 Å². The first-order chi connectivity index (χ1) is 8.22. The van der Waals surface area contributed by atoms with Crippen LogP contribution in [0, 0.1) is 11.3 Å². The summed E-state index contributed by atoms with van der Waals surface area (Å²) in [6.07, 6.45) is 1.30. The maximum absolute atomic E-state index is 8.94. The molecule has 6 heteroatoms. The molecule has 0 aliphatic heterocycles. The molecule has 0 atom stereocenters. The number of anilines is 3. The van der Waals surface area contributed by atoms with Crippen LogP contribution in [-0.4, -0.2) is 9.97 Å². The van der Waals surface area contributed by atoms with Crippen molar-refractivity contribution in [2.75, 3.05) is 11.1 Å². The van der Waals surface area contributed by atoms with Crippen molar-refractivity contribution >= 4 is 28.9 Å². The van der Waals surface area contributed by atoms with Crippen LogP contribution in [-0.2, 0) is 0 Å². The number of aromatic nitrogens is 2. The zero-order valence-corrected chi connectivity index (χ0v) is 9.44. The van der Waals surface area contributed by atoms with E-state index in [9.17, 15) is 0 Å². The van der Waals surface area contributed by atoms with Gasteiger partial charge in [-0.15, -0.1) is 0 Å². The molecule has 2 rings (SSSR count). The minimum atomic E-state index is 0.193. The molecule has 0 radical (unpaired) electrons. The van der Waals surface area contributed by atoms with E-state index in [4.69, 9.17) is 22.6 Å². The van der Waals surface area contributed by atoms with E-state index in [0.29, 0.717) is 17.1 Å². The van der Waals surface area contributed by atoms with Crippen molar-refractivity contribution in [1.29, 1.82) is 5.26 Å². The van der Waals surface area contributed by atoms with E-state index in [2.05, 4.69) is 21.4 Å². The van der Waals surface area contributed by atoms with Gasteiger partial charge in [-0.1, -0.05) is 23.7 Å². The fourth-order valence-corrected chi connectivity index (χ4v) is 1.43. The first-order valence-electron chi connectivity index (χ1n) is 4.74. The first kappa shape index (κ1) is 11.2. The third-order valence-electron chi connectivity index (χ3n) is 2.12. The standard InChI is InChI=1S/C11H8ClN5/c12-9-10(14)15-6-16-11(9)17-8-4-2-1-3-7(8)5-13/h1-4,6H,(H3,14,15,16,17). The lowest BCUT2D eigenvalue weighted by atomic mass is 10.2. The van der Waals surface area contributed by atoms with Crippen molar-refractivity contribution in [1.82, 2.24) is 9.97 Å². The van der Waals surface area contributed by atoms with E-state index in [1.54, 1.807) is 18.2 Å². The molecule has 0 aliphatic rings. The van der Waals surface area contributed by atoms with Gasteiger partial charge in [0.05, 0.1) is 11.3 Å². The average molecular weight is 246 g/mol. The van der Waals surface area contributed by atoms with Gasteiger partial charge in [-0.05, 0) is 12.1 Å². The topological polar surface area (TPSA) is 87.6 Å². The highest BCUT2D eigenvalue weighted by Gasteiger charge is 2.08. The van der Waals surface area contributed by atoms with Crippen LogP contribution in [0.4, 0.5) is 17.3 Å². The zero-order chi connectivity index (χ0) is 12.3. The molecule has 0 aliphatic carbocycles. The van der Waals surface area contributed by atoms with E-state index >= 15 is 0 Å². The number of nitriles is 1. The molecule has 1 heterocycles. The Bertz CT molecular complexity index is 591. The Balaban J connectivity index is 2.39. The molecule has 0 spiro atoms. The van der Waals surface area contributed by atoms with Gasteiger partial charge in [-0.2, -0.15) is 5.26 Å². The third kappa shape index (κ3) is 2.27. The van der Waals surface area contributed by atoms with Gasteiger partial charge >= 0.3 is 0 Å². The average Bonchev–Trinajstić information content (AvgIpc) is 2.35. The molecule has 1 aromatic carbocycles. The Morgan fingerprint density at radius 3 is 2.82 bits per heavy atom. The second kappa shape index (κ2) is 4.68. The molecule has 3 N–H and O–H groups in total. The number of benzene rings is 1. The summed E-state index contributed by atoms with van der Waals surface area (Å²) in [5.74, 6) is 0.570. The fraction of sp³-hybridized carbons (Fsp3) is 0. The van der Waals surface area contributed by atoms with Crippen LogP contribution >= 0.6 is 11.6 Å². The monoisotopic (exact) mass is 245 g/mol. The molecule has 0 unspecified atom stereocenters. The summed E-state index contributed by atoms with van der Waals surface area (Å²) >= 11 is 5.94. The smallest absolute Gasteiger partial charge is 0.154 e. The Labute approximate surface area is 103 Å². The minimum absolute atomic E-state index is 0.193. The van der Waals surface area contributed by atoms with Crippen molar-refractivity contribution in [3.05, 3.63) is 41.2 Å². The first-order valence-corrected chi connectivity index (χ1v) is 5.12. The molecule has 5 nitrogen and oxygen atoms in total. The Morgan fingerprint density at radius 2 is 2.06 bits per heavy atom. The number of halogens is 1. The lowest BCUT2D eigenvalue weighted by molar-refractivity contribution is 1.17. The lowest BCUT2D eigenvalue weighted by Gasteiger charge is -2.08. The Hall–Kier alpha value is -2.32. The molecular formula is C11H8ClN5. The van der Waals surface area contributed by atoms with Gasteiger partial charge < -0.3 is 11.1 Å². The molecule has 0 fully saturated rings. The highest BCUT2D eigenvalue weighted by molar-refractivity contribution is 6.35. The molecule has 84 valence electrons. The zero-order valence-electron chi connectivity index (χ0n) is 8.68. The molecule has 0 saturated heterocycles. The molecule has 1 aromatic heterocycles. The molecular weight excluding hydrogens is 238 g/mol. The van der Waals surface area contributed by atoms with Crippen LogP contribution in [0.2, 0.25) is 5.02 Å². The largest absolute Gasteiger partial charge is 0.382 e. The SMILES string of the molecule is N#Cc1ccccc1Nc1ncnc(N)c1Cl. The Morgan fingerprint density at radius 1 is 1.29 bits per heavy atom. The predicted octanol–water partition coefficient (Wildman–Crippen LogP) is 2.33. The third-order valence-corrected chi connectivity index (χ3v) is 2.49. The molecule has 0 amide bonds. The normalized spacial score (nSPS) is 9.65. The van der Waals surface area contributed by atoms with Crippen molar-refractivity contribution in [2.45, 2.75) is 0 Å². The number of hydrogen-bond donors (Lipinski definition) is 2. The summed E-state index contributed by atoms with van der Waals surface area (Å²) < 4.78 is 0. The predicted molar refractivity (Wildman–Crippen MR) is 65.9 cm³/mol. The van der Waals surface area contributed by atoms with Crippen molar-refractivity contribution in [3.8, 4) is 6.07 Å². The van der Waals surface area contributed by atoms with Crippen LogP contribution in [0.1, 0.15) is 5.56 Å². The van der Waals surface area contributed by atoms with Crippen molar-refractivity contribution in [2.24, 2.45) is 0 Å². The van der Waals surface area contributed by atoms with Crippen LogP contribution < -0.4 is 11.1 Å². The second-order valence-corrected chi connectivity index (χ2v) is 3.58. The summed E-state index contributed by atoms with van der Waals surface area (Å²) in [4.78, 5) is 7.72. The number of nitrogens with one attached hydrogen (secondary N) is 1. The van der Waals surface area contributed by atoms with Gasteiger partial charge in [0.2, 0.25) is 0 Å². The minimum Gasteiger partial charge on any atom is -0.382 e. The number of rotatable bonds is 2. The summed E-state index contributed by atoms with van der Waals surface area (Å²) in [6, 6.07) is 9.11. The summed E-state index contributed by atoms with van der Waals surface area (Å²) in [6.45, 7) is 0. The van der Waals surface area contributed by atoms with Gasteiger partial charge in [0.15, 0.2) is 5.82 Å². The van der Waals surface area contributed by atoms with E-state index in [0.717, 1.165) is 0 Å². The van der Waals surface area contributed by atoms with Gasteiger partial charge in [0.25, 0.3) is 0 Å². The summed E-state index contributed by atoms with van der Waals surface area (Å²) in [5, 5.41) is 12.1. The van der Waals surface area contributed by atoms with Crippen LogP contribution in [0.5, 0.6) is 0 Å². The number of nitrogen functional groups attached to an aromatic ring is 1. The van der Waals surface area contributed by atoms with E-state index < -0.39 is 0 Å². The molecule has 0 saturated carbocycles. The number of nitrogens with two attached hydrogens (primary N) is 1. The number of para-hydroxylation sites is 1. The highest BCUT2D eigenvalue weighted by atomic mass is 35.5. The molecule has 17 heavy (non-hydrogen) atoms. The highest BCUT2D eigenvalue weighted by Crippen LogP contribution is 2.27. The van der Waals surface area contributed by atoms with Crippen molar-refractivity contribution < 1.29 is 0 Å². The lowest BCUT2D eigenvalue weighted by Crippen LogP contribution is -2.00.